The molecule has 2 aliphatic rings. The lowest BCUT2D eigenvalue weighted by Crippen LogP contribution is -2.50. The molecule has 0 aliphatic carbocycles. The molecule has 0 atom stereocenters. The number of rotatable bonds is 5. The van der Waals surface area contributed by atoms with Crippen LogP contribution in [0.5, 0.6) is 11.5 Å². The fraction of sp³-hybridized carbons (Fsp3) is 0.381. The van der Waals surface area contributed by atoms with Gasteiger partial charge in [-0.25, -0.2) is 0 Å². The summed E-state index contributed by atoms with van der Waals surface area (Å²) in [4.78, 5) is 51.1. The Morgan fingerprint density at radius 1 is 1.13 bits per heavy atom. The largest absolute Gasteiger partial charge is 0.497 e. The van der Waals surface area contributed by atoms with Crippen LogP contribution in [0.1, 0.15) is 25.7 Å². The predicted octanol–water partition coefficient (Wildman–Crippen LogP) is 0.117. The Labute approximate surface area is 177 Å². The fourth-order valence-electron chi connectivity index (χ4n) is 3.75. The highest BCUT2D eigenvalue weighted by molar-refractivity contribution is 6.23. The Kier molecular flexibility index (Phi) is 5.70. The Balaban J connectivity index is 1.75. The van der Waals surface area contributed by atoms with Crippen LogP contribution >= 0.6 is 0 Å². The Bertz CT molecular complexity index is 1210. The van der Waals surface area contributed by atoms with E-state index in [1.165, 1.54) is 14.2 Å². The first-order valence-corrected chi connectivity index (χ1v) is 10.0. The van der Waals surface area contributed by atoms with Crippen LogP contribution in [-0.2, 0) is 9.59 Å². The molecule has 1 saturated heterocycles. The summed E-state index contributed by atoms with van der Waals surface area (Å²) >= 11 is 0. The van der Waals surface area contributed by atoms with E-state index in [-0.39, 0.29) is 22.7 Å². The summed E-state index contributed by atoms with van der Waals surface area (Å²) < 4.78 is 10.5. The molecule has 0 bridgehead atoms. The number of benzene rings is 1. The van der Waals surface area contributed by atoms with E-state index in [0.29, 0.717) is 23.1 Å². The van der Waals surface area contributed by atoms with Gasteiger partial charge in [0.15, 0.2) is 5.49 Å². The summed E-state index contributed by atoms with van der Waals surface area (Å²) in [5.74, 6) is 0.199. The summed E-state index contributed by atoms with van der Waals surface area (Å²) in [7, 11) is 2.99. The van der Waals surface area contributed by atoms with Crippen LogP contribution < -0.4 is 36.0 Å². The lowest BCUT2D eigenvalue weighted by Gasteiger charge is -2.26. The predicted molar refractivity (Wildman–Crippen MR) is 113 cm³/mol. The third-order valence-electron chi connectivity index (χ3n) is 5.33. The Morgan fingerprint density at radius 3 is 2.61 bits per heavy atom. The van der Waals surface area contributed by atoms with Crippen molar-refractivity contribution in [2.45, 2.75) is 25.7 Å². The molecule has 3 heterocycles. The number of anilines is 2. The van der Waals surface area contributed by atoms with Crippen LogP contribution in [-0.4, -0.2) is 49.1 Å². The van der Waals surface area contributed by atoms with Crippen LogP contribution in [0.25, 0.3) is 5.57 Å². The molecule has 162 valence electrons. The SMILES string of the molecule is COc1ccc(NC(=O)C2=c3c(nc(N4CCCCC4)[nH]c3=O)=NC(=O)C2)c(OC)c1. The monoisotopic (exact) mass is 425 g/mol. The number of H-pyrrole nitrogens is 1. The fourth-order valence-corrected chi connectivity index (χ4v) is 3.75. The number of fused-ring (bicyclic) bond motifs is 1. The topological polar surface area (TPSA) is 126 Å². The van der Waals surface area contributed by atoms with Gasteiger partial charge in [0.25, 0.3) is 17.4 Å². The zero-order valence-corrected chi connectivity index (χ0v) is 17.4. The first-order valence-electron chi connectivity index (χ1n) is 10.0. The molecule has 2 N–H and O–H groups in total. The smallest absolute Gasteiger partial charge is 0.262 e. The maximum Gasteiger partial charge on any atom is 0.262 e. The van der Waals surface area contributed by atoms with E-state index in [1.807, 2.05) is 4.90 Å². The number of carbonyl (C=O) groups excluding carboxylic acids is 2. The molecule has 0 saturated carbocycles. The van der Waals surface area contributed by atoms with E-state index in [2.05, 4.69) is 20.3 Å². The van der Waals surface area contributed by atoms with Crippen molar-refractivity contribution < 1.29 is 19.1 Å². The van der Waals surface area contributed by atoms with Crippen LogP contribution in [0.4, 0.5) is 11.6 Å². The van der Waals surface area contributed by atoms with Gasteiger partial charge in [0, 0.05) is 24.7 Å². The number of piperidine rings is 1. The molecular formula is C21H23N5O5. The first kappa shape index (κ1) is 20.6. The molecule has 31 heavy (non-hydrogen) atoms. The van der Waals surface area contributed by atoms with Gasteiger partial charge in [0.05, 0.1) is 31.5 Å². The molecule has 4 rings (SSSR count). The number of aromatic nitrogens is 2. The van der Waals surface area contributed by atoms with Crippen molar-refractivity contribution in [3.63, 3.8) is 0 Å². The van der Waals surface area contributed by atoms with Crippen molar-refractivity contribution in [1.82, 2.24) is 9.97 Å². The highest BCUT2D eigenvalue weighted by atomic mass is 16.5. The molecule has 1 aromatic carbocycles. The van der Waals surface area contributed by atoms with Crippen molar-refractivity contribution in [3.8, 4) is 11.5 Å². The molecule has 10 heteroatoms. The zero-order valence-electron chi connectivity index (χ0n) is 17.4. The second kappa shape index (κ2) is 8.58. The minimum absolute atomic E-state index is 0.0188. The molecule has 10 nitrogen and oxygen atoms in total. The van der Waals surface area contributed by atoms with Crippen LogP contribution in [0.15, 0.2) is 28.0 Å². The second-order valence-electron chi connectivity index (χ2n) is 7.32. The van der Waals surface area contributed by atoms with Gasteiger partial charge >= 0.3 is 0 Å². The number of amides is 2. The third-order valence-corrected chi connectivity index (χ3v) is 5.33. The van der Waals surface area contributed by atoms with Crippen molar-refractivity contribution in [2.75, 3.05) is 37.5 Å². The summed E-state index contributed by atoms with van der Waals surface area (Å²) in [6.07, 6.45) is 2.84. The lowest BCUT2D eigenvalue weighted by molar-refractivity contribution is -0.118. The van der Waals surface area contributed by atoms with E-state index < -0.39 is 17.4 Å². The number of nitrogens with zero attached hydrogens (tertiary/aromatic N) is 3. The summed E-state index contributed by atoms with van der Waals surface area (Å²) in [6.45, 7) is 1.54. The van der Waals surface area contributed by atoms with E-state index in [4.69, 9.17) is 9.47 Å². The number of hydrogen-bond acceptors (Lipinski definition) is 7. The minimum atomic E-state index is -0.592. The number of hydrogen-bond donors (Lipinski definition) is 2. The van der Waals surface area contributed by atoms with Crippen molar-refractivity contribution in [2.24, 2.45) is 4.99 Å². The molecule has 1 fully saturated rings. The average Bonchev–Trinajstić information content (AvgIpc) is 2.78. The molecule has 0 radical (unpaired) electrons. The number of aromatic amines is 1. The summed E-state index contributed by atoms with van der Waals surface area (Å²) in [6, 6.07) is 4.90. The van der Waals surface area contributed by atoms with Crippen molar-refractivity contribution in [1.29, 1.82) is 0 Å². The maximum absolute atomic E-state index is 13.0. The molecular weight excluding hydrogens is 402 g/mol. The highest BCUT2D eigenvalue weighted by Gasteiger charge is 2.24. The summed E-state index contributed by atoms with van der Waals surface area (Å²) in [5.41, 5.74) is -0.112. The van der Waals surface area contributed by atoms with Gasteiger partial charge in [-0.15, -0.1) is 0 Å². The van der Waals surface area contributed by atoms with Gasteiger partial charge in [0.1, 0.15) is 11.5 Å². The quantitative estimate of drug-likeness (QED) is 0.697. The van der Waals surface area contributed by atoms with Crippen molar-refractivity contribution >= 4 is 29.0 Å². The van der Waals surface area contributed by atoms with E-state index in [0.717, 1.165) is 32.4 Å². The molecule has 2 amide bonds. The maximum atomic E-state index is 13.0. The van der Waals surface area contributed by atoms with Gasteiger partial charge in [-0.05, 0) is 31.4 Å². The third kappa shape index (κ3) is 4.14. The van der Waals surface area contributed by atoms with Crippen LogP contribution in [0, 0.1) is 0 Å². The van der Waals surface area contributed by atoms with E-state index in [1.54, 1.807) is 18.2 Å². The number of methoxy groups -OCH3 is 2. The van der Waals surface area contributed by atoms with Crippen LogP contribution in [0.3, 0.4) is 0 Å². The number of carbonyl (C=O) groups is 2. The van der Waals surface area contributed by atoms with Crippen LogP contribution in [0.2, 0.25) is 0 Å². The highest BCUT2D eigenvalue weighted by Crippen LogP contribution is 2.29. The number of ether oxygens (including phenoxy) is 2. The summed E-state index contributed by atoms with van der Waals surface area (Å²) in [5, 5.41) is 2.73. The molecule has 2 aromatic rings. The zero-order chi connectivity index (χ0) is 22.0. The molecule has 1 aromatic heterocycles. The molecule has 0 unspecified atom stereocenters. The standard InChI is InChI=1S/C21H23N5O5/c1-30-12-6-7-14(15(10-12)31-2)22-19(28)13-11-16(27)23-18-17(13)20(29)25-21(24-18)26-8-4-3-5-9-26/h6-7,10H,3-5,8-9,11H2,1-2H3,(H,22,28)(H,23,24,25,27,29). The van der Waals surface area contributed by atoms with Gasteiger partial charge in [-0.2, -0.15) is 9.98 Å². The van der Waals surface area contributed by atoms with Gasteiger partial charge in [-0.1, -0.05) is 0 Å². The van der Waals surface area contributed by atoms with Gasteiger partial charge in [0.2, 0.25) is 5.95 Å². The normalized spacial score (nSPS) is 15.7. The lowest BCUT2D eigenvalue weighted by atomic mass is 10.1. The van der Waals surface area contributed by atoms with E-state index >= 15 is 0 Å². The van der Waals surface area contributed by atoms with Gasteiger partial charge < -0.3 is 19.7 Å². The Morgan fingerprint density at radius 2 is 1.90 bits per heavy atom. The van der Waals surface area contributed by atoms with E-state index in [9.17, 15) is 14.4 Å². The number of nitrogens with one attached hydrogen (secondary N) is 2. The van der Waals surface area contributed by atoms with Crippen molar-refractivity contribution in [3.05, 3.63) is 39.3 Å². The first-order chi connectivity index (χ1) is 15.0. The Hall–Kier alpha value is -3.69. The van der Waals surface area contributed by atoms with Gasteiger partial charge in [-0.3, -0.25) is 19.4 Å². The second-order valence-corrected chi connectivity index (χ2v) is 7.32. The molecule has 2 aliphatic heterocycles. The average molecular weight is 425 g/mol. The molecule has 0 spiro atoms. The minimum Gasteiger partial charge on any atom is -0.497 e.